The normalized spacial score (nSPS) is 20.8. The van der Waals surface area contributed by atoms with E-state index in [0.717, 1.165) is 25.7 Å². The minimum atomic E-state index is -0.512. The molecule has 8 nitrogen and oxygen atoms in total. The zero-order chi connectivity index (χ0) is 18.4. The van der Waals surface area contributed by atoms with Crippen LogP contribution in [0.5, 0.6) is 0 Å². The maximum absolute atomic E-state index is 12.2. The molecule has 1 aromatic rings. The molecule has 1 aliphatic carbocycles. The number of ether oxygens (including phenoxy) is 1. The number of carbonyl (C=O) groups is 2. The number of amides is 2. The van der Waals surface area contributed by atoms with Crippen LogP contribution < -0.4 is 10.6 Å². The average Bonchev–Trinajstić information content (AvgIpc) is 2.96. The second kappa shape index (κ2) is 8.33. The van der Waals surface area contributed by atoms with Gasteiger partial charge in [0, 0.05) is 24.6 Å². The maximum atomic E-state index is 12.2. The minimum absolute atomic E-state index is 0.0437. The fourth-order valence-corrected chi connectivity index (χ4v) is 2.76. The van der Waals surface area contributed by atoms with Gasteiger partial charge in [0.15, 0.2) is 5.69 Å². The lowest BCUT2D eigenvalue weighted by atomic mass is 9.91. The molecule has 0 unspecified atom stereocenters. The quantitative estimate of drug-likeness (QED) is 0.743. The summed E-state index contributed by atoms with van der Waals surface area (Å²) in [5.41, 5.74) is -0.292. The Hall–Kier alpha value is -2.09. The average molecular weight is 353 g/mol. The molecule has 140 valence electrons. The van der Waals surface area contributed by atoms with E-state index in [4.69, 9.17) is 14.4 Å². The van der Waals surface area contributed by atoms with Crippen LogP contribution in [0.4, 0.5) is 4.79 Å². The molecule has 2 amide bonds. The van der Waals surface area contributed by atoms with Crippen LogP contribution in [0.1, 0.15) is 62.7 Å². The van der Waals surface area contributed by atoms with Crippen LogP contribution in [0.3, 0.4) is 0 Å². The van der Waals surface area contributed by atoms with Crippen molar-refractivity contribution in [1.82, 2.24) is 15.8 Å². The summed E-state index contributed by atoms with van der Waals surface area (Å²) in [5.74, 6) is 0.203. The standard InChI is InChI=1S/C17H27N3O5/c1-17(2,3)24-16(23)19-12-6-4-11(5-7-12)18-15(22)14-10-13(8-9-21)25-20-14/h10-12,21H,4-9H2,1-3H3,(H,18,22)(H,19,23)/t11-,12-. The van der Waals surface area contributed by atoms with Gasteiger partial charge in [-0.1, -0.05) is 5.16 Å². The molecule has 1 fully saturated rings. The Morgan fingerprint density at radius 3 is 2.40 bits per heavy atom. The van der Waals surface area contributed by atoms with Crippen molar-refractivity contribution in [2.75, 3.05) is 6.61 Å². The molecule has 0 aromatic carbocycles. The number of hydrogen-bond acceptors (Lipinski definition) is 6. The number of hydrogen-bond donors (Lipinski definition) is 3. The summed E-state index contributed by atoms with van der Waals surface area (Å²) < 4.78 is 10.2. The molecule has 0 atom stereocenters. The molecule has 1 aromatic heterocycles. The molecular formula is C17H27N3O5. The summed E-state index contributed by atoms with van der Waals surface area (Å²) in [4.78, 5) is 23.9. The largest absolute Gasteiger partial charge is 0.444 e. The third-order valence-electron chi connectivity index (χ3n) is 3.93. The number of nitrogens with zero attached hydrogens (tertiary/aromatic N) is 1. The number of alkyl carbamates (subject to hydrolysis) is 1. The van der Waals surface area contributed by atoms with Crippen LogP contribution >= 0.6 is 0 Å². The predicted molar refractivity (Wildman–Crippen MR) is 90.2 cm³/mol. The lowest BCUT2D eigenvalue weighted by Crippen LogP contribution is -2.45. The Morgan fingerprint density at radius 2 is 1.84 bits per heavy atom. The Balaban J connectivity index is 1.74. The molecule has 0 radical (unpaired) electrons. The van der Waals surface area contributed by atoms with E-state index in [1.54, 1.807) is 6.07 Å². The van der Waals surface area contributed by atoms with Gasteiger partial charge in [0.25, 0.3) is 5.91 Å². The molecular weight excluding hydrogens is 326 g/mol. The van der Waals surface area contributed by atoms with Gasteiger partial charge in [-0.15, -0.1) is 0 Å². The van der Waals surface area contributed by atoms with E-state index in [9.17, 15) is 9.59 Å². The van der Waals surface area contributed by atoms with Gasteiger partial charge >= 0.3 is 6.09 Å². The summed E-state index contributed by atoms with van der Waals surface area (Å²) in [6.45, 7) is 5.43. The molecule has 0 saturated heterocycles. The zero-order valence-corrected chi connectivity index (χ0v) is 15.0. The van der Waals surface area contributed by atoms with E-state index in [1.807, 2.05) is 20.8 Å². The van der Waals surface area contributed by atoms with Crippen molar-refractivity contribution in [3.63, 3.8) is 0 Å². The summed E-state index contributed by atoms with van der Waals surface area (Å²) >= 11 is 0. The highest BCUT2D eigenvalue weighted by Crippen LogP contribution is 2.20. The van der Waals surface area contributed by atoms with Gasteiger partial charge < -0.3 is 25.0 Å². The van der Waals surface area contributed by atoms with Crippen molar-refractivity contribution >= 4 is 12.0 Å². The summed E-state index contributed by atoms with van der Waals surface area (Å²) in [5, 5.41) is 18.4. The molecule has 8 heteroatoms. The minimum Gasteiger partial charge on any atom is -0.444 e. The van der Waals surface area contributed by atoms with Gasteiger partial charge in [-0.3, -0.25) is 4.79 Å². The molecule has 2 rings (SSSR count). The molecule has 25 heavy (non-hydrogen) atoms. The van der Waals surface area contributed by atoms with Crippen molar-refractivity contribution in [3.8, 4) is 0 Å². The second-order valence-electron chi connectivity index (χ2n) is 7.32. The van der Waals surface area contributed by atoms with Crippen LogP contribution in [-0.2, 0) is 11.2 Å². The van der Waals surface area contributed by atoms with E-state index in [2.05, 4.69) is 15.8 Å². The molecule has 3 N–H and O–H groups in total. The Kier molecular flexibility index (Phi) is 6.41. The van der Waals surface area contributed by atoms with Gasteiger partial charge in [-0.2, -0.15) is 0 Å². The SMILES string of the molecule is CC(C)(C)OC(=O)N[C@H]1CC[C@H](NC(=O)c2cc(CCO)on2)CC1. The topological polar surface area (TPSA) is 114 Å². The van der Waals surface area contributed by atoms with Crippen LogP contribution in [0, 0.1) is 0 Å². The predicted octanol–water partition coefficient (Wildman–Crippen LogP) is 1.78. The lowest BCUT2D eigenvalue weighted by molar-refractivity contribution is 0.0487. The maximum Gasteiger partial charge on any atom is 0.407 e. The van der Waals surface area contributed by atoms with E-state index in [1.165, 1.54) is 0 Å². The third kappa shape index (κ3) is 6.38. The lowest BCUT2D eigenvalue weighted by Gasteiger charge is -2.30. The van der Waals surface area contributed by atoms with E-state index in [-0.39, 0.29) is 30.3 Å². The number of aliphatic hydroxyl groups is 1. The van der Waals surface area contributed by atoms with Crippen LogP contribution in [0.2, 0.25) is 0 Å². The Morgan fingerprint density at radius 1 is 1.24 bits per heavy atom. The highest BCUT2D eigenvalue weighted by atomic mass is 16.6. The van der Waals surface area contributed by atoms with Gasteiger partial charge in [-0.05, 0) is 46.5 Å². The Labute approximate surface area is 147 Å². The summed E-state index contributed by atoms with van der Waals surface area (Å²) in [7, 11) is 0. The summed E-state index contributed by atoms with van der Waals surface area (Å²) in [6.07, 6.45) is 3.03. The zero-order valence-electron chi connectivity index (χ0n) is 15.0. The number of rotatable bonds is 5. The molecule has 0 bridgehead atoms. The number of aromatic nitrogens is 1. The van der Waals surface area contributed by atoms with Crippen LogP contribution in [-0.4, -0.2) is 46.6 Å². The van der Waals surface area contributed by atoms with Crippen molar-refractivity contribution < 1.29 is 24.0 Å². The first-order chi connectivity index (χ1) is 11.8. The number of aliphatic hydroxyl groups excluding tert-OH is 1. The second-order valence-corrected chi connectivity index (χ2v) is 7.32. The van der Waals surface area contributed by atoms with Gasteiger partial charge in [-0.25, -0.2) is 4.79 Å². The highest BCUT2D eigenvalue weighted by molar-refractivity contribution is 5.92. The molecule has 1 saturated carbocycles. The van der Waals surface area contributed by atoms with Gasteiger partial charge in [0.1, 0.15) is 11.4 Å². The fourth-order valence-electron chi connectivity index (χ4n) is 2.76. The highest BCUT2D eigenvalue weighted by Gasteiger charge is 2.26. The molecule has 0 spiro atoms. The van der Waals surface area contributed by atoms with E-state index in [0.29, 0.717) is 12.2 Å². The van der Waals surface area contributed by atoms with Crippen molar-refractivity contribution in [3.05, 3.63) is 17.5 Å². The monoisotopic (exact) mass is 353 g/mol. The van der Waals surface area contributed by atoms with Crippen LogP contribution in [0.25, 0.3) is 0 Å². The first-order valence-corrected chi connectivity index (χ1v) is 8.63. The summed E-state index contributed by atoms with van der Waals surface area (Å²) in [6, 6.07) is 1.65. The van der Waals surface area contributed by atoms with Crippen molar-refractivity contribution in [2.45, 2.75) is 70.6 Å². The molecule has 1 heterocycles. The van der Waals surface area contributed by atoms with E-state index < -0.39 is 11.7 Å². The smallest absolute Gasteiger partial charge is 0.407 e. The van der Waals surface area contributed by atoms with Gasteiger partial charge in [0.05, 0.1) is 6.61 Å². The van der Waals surface area contributed by atoms with Crippen molar-refractivity contribution in [2.24, 2.45) is 0 Å². The first kappa shape index (κ1) is 19.2. The van der Waals surface area contributed by atoms with E-state index >= 15 is 0 Å². The number of nitrogens with one attached hydrogen (secondary N) is 2. The molecule has 0 aliphatic heterocycles. The molecule has 1 aliphatic rings. The van der Waals surface area contributed by atoms with Crippen LogP contribution in [0.15, 0.2) is 10.6 Å². The van der Waals surface area contributed by atoms with Gasteiger partial charge in [0.2, 0.25) is 0 Å². The fraction of sp³-hybridized carbons (Fsp3) is 0.706. The third-order valence-corrected chi connectivity index (χ3v) is 3.93. The number of carbonyl (C=O) groups excluding carboxylic acids is 2. The first-order valence-electron chi connectivity index (χ1n) is 8.63. The Bertz CT molecular complexity index is 585. The van der Waals surface area contributed by atoms with Crippen molar-refractivity contribution in [1.29, 1.82) is 0 Å².